The molecule has 0 fully saturated rings. The predicted molar refractivity (Wildman–Crippen MR) is 240 cm³/mol. The average molecular weight is 740 g/mol. The summed E-state index contributed by atoms with van der Waals surface area (Å²) >= 11 is 0. The lowest BCUT2D eigenvalue weighted by molar-refractivity contribution is 1.07. The van der Waals surface area contributed by atoms with Gasteiger partial charge in [0.25, 0.3) is 0 Å². The second-order valence-corrected chi connectivity index (χ2v) is 14.8. The average Bonchev–Trinajstić information content (AvgIpc) is 3.80. The van der Waals surface area contributed by atoms with Gasteiger partial charge in [0.15, 0.2) is 17.5 Å². The Bertz CT molecular complexity index is 3580. The highest BCUT2D eigenvalue weighted by molar-refractivity contribution is 6.16. The number of para-hydroxylation sites is 4. The molecule has 0 saturated carbocycles. The van der Waals surface area contributed by atoms with Crippen molar-refractivity contribution in [1.82, 2.24) is 24.1 Å². The number of rotatable bonds is 5. The van der Waals surface area contributed by atoms with E-state index < -0.39 is 0 Å². The van der Waals surface area contributed by atoms with Gasteiger partial charge in [-0.1, -0.05) is 140 Å². The number of hydrogen-bond donors (Lipinski definition) is 0. The highest BCUT2D eigenvalue weighted by atomic mass is 15.1. The Morgan fingerprint density at radius 2 is 0.879 bits per heavy atom. The first-order chi connectivity index (χ1) is 28.8. The van der Waals surface area contributed by atoms with Crippen molar-refractivity contribution in [3.05, 3.63) is 200 Å². The number of fused-ring (bicyclic) bond motifs is 8. The maximum atomic E-state index is 5.44. The third kappa shape index (κ3) is 5.00. The monoisotopic (exact) mass is 739 g/mol. The fourth-order valence-corrected chi connectivity index (χ4v) is 8.91. The molecule has 0 atom stereocenters. The summed E-state index contributed by atoms with van der Waals surface area (Å²) in [5.41, 5.74) is 9.40. The summed E-state index contributed by atoms with van der Waals surface area (Å²) in [6.07, 6.45) is 0. The van der Waals surface area contributed by atoms with Crippen LogP contribution in [0.1, 0.15) is 0 Å². The van der Waals surface area contributed by atoms with Gasteiger partial charge in [-0.3, -0.25) is 0 Å². The molecule has 0 amide bonds. The largest absolute Gasteiger partial charge is 0.309 e. The maximum absolute atomic E-state index is 5.44. The zero-order valence-corrected chi connectivity index (χ0v) is 31.3. The van der Waals surface area contributed by atoms with Crippen LogP contribution in [0.25, 0.3) is 111 Å². The number of aromatic nitrogens is 5. The SMILES string of the molecule is c1ccc(-n2c3ccccc3c3c(-c4nc(-c5ccc6ccccc6c5)nc(-c5ccccc5-n5c6ccccc6c6cc7ccccc7cc65)n4)cccc32)cc1. The van der Waals surface area contributed by atoms with Gasteiger partial charge in [0.05, 0.1) is 27.8 Å². The molecule has 270 valence electrons. The number of hydrogen-bond acceptors (Lipinski definition) is 3. The van der Waals surface area contributed by atoms with E-state index in [-0.39, 0.29) is 0 Å². The van der Waals surface area contributed by atoms with Crippen LogP contribution in [0.4, 0.5) is 0 Å². The zero-order valence-electron chi connectivity index (χ0n) is 31.3. The predicted octanol–water partition coefficient (Wildman–Crippen LogP) is 13.4. The third-order valence-electron chi connectivity index (χ3n) is 11.5. The summed E-state index contributed by atoms with van der Waals surface area (Å²) in [5, 5.41) is 9.37. The maximum Gasteiger partial charge on any atom is 0.166 e. The smallest absolute Gasteiger partial charge is 0.166 e. The van der Waals surface area contributed by atoms with Gasteiger partial charge in [0.2, 0.25) is 0 Å². The number of benzene rings is 9. The van der Waals surface area contributed by atoms with Crippen LogP contribution < -0.4 is 0 Å². The summed E-state index contributed by atoms with van der Waals surface area (Å²) in [4.78, 5) is 16.1. The summed E-state index contributed by atoms with van der Waals surface area (Å²) in [7, 11) is 0. The molecule has 12 aromatic rings. The molecule has 3 aromatic heterocycles. The molecule has 0 unspecified atom stereocenters. The quantitative estimate of drug-likeness (QED) is 0.177. The van der Waals surface area contributed by atoms with Gasteiger partial charge in [0, 0.05) is 43.9 Å². The van der Waals surface area contributed by atoms with Crippen molar-refractivity contribution in [3.63, 3.8) is 0 Å². The fourth-order valence-electron chi connectivity index (χ4n) is 8.91. The molecular formula is C53H33N5. The first-order valence-electron chi connectivity index (χ1n) is 19.6. The minimum Gasteiger partial charge on any atom is -0.309 e. The minimum atomic E-state index is 0.610. The normalized spacial score (nSPS) is 11.8. The standard InChI is InChI=1S/C53H33N5/c1-2-19-39(20-3-1)57-46-26-12-9-22-41(46)50-43(24-14-28-48(50)57)53-55-51(38-30-29-34-15-4-5-16-35(34)31-38)54-52(56-53)42-23-10-13-27-47(42)58-45-25-11-8-21-40(45)44-32-36-17-6-7-18-37(36)33-49(44)58/h1-33H. The first kappa shape index (κ1) is 32.4. The molecule has 58 heavy (non-hydrogen) atoms. The minimum absolute atomic E-state index is 0.610. The molecule has 3 heterocycles. The first-order valence-corrected chi connectivity index (χ1v) is 19.6. The van der Waals surface area contributed by atoms with Crippen LogP contribution in [0, 0.1) is 0 Å². The van der Waals surface area contributed by atoms with Crippen LogP contribution in [0.5, 0.6) is 0 Å². The Morgan fingerprint density at radius 3 is 1.69 bits per heavy atom. The van der Waals surface area contributed by atoms with Gasteiger partial charge in [0.1, 0.15) is 0 Å². The molecule has 5 heteroatoms. The fraction of sp³-hybridized carbons (Fsp3) is 0. The van der Waals surface area contributed by atoms with E-state index in [9.17, 15) is 0 Å². The van der Waals surface area contributed by atoms with E-state index in [1.54, 1.807) is 0 Å². The van der Waals surface area contributed by atoms with Gasteiger partial charge in [-0.2, -0.15) is 0 Å². The lowest BCUT2D eigenvalue weighted by Crippen LogP contribution is -2.04. The summed E-state index contributed by atoms with van der Waals surface area (Å²) in [6, 6.07) is 70.9. The van der Waals surface area contributed by atoms with Gasteiger partial charge >= 0.3 is 0 Å². The van der Waals surface area contributed by atoms with Gasteiger partial charge < -0.3 is 9.13 Å². The van der Waals surface area contributed by atoms with Crippen molar-refractivity contribution < 1.29 is 0 Å². The Hall–Kier alpha value is -7.89. The van der Waals surface area contributed by atoms with Crippen molar-refractivity contribution in [2.45, 2.75) is 0 Å². The molecule has 0 bridgehead atoms. The third-order valence-corrected chi connectivity index (χ3v) is 11.5. The van der Waals surface area contributed by atoms with E-state index in [1.165, 1.54) is 26.9 Å². The van der Waals surface area contributed by atoms with Crippen LogP contribution in [-0.2, 0) is 0 Å². The molecule has 9 aromatic carbocycles. The Labute approximate surface area is 333 Å². The molecule has 0 spiro atoms. The zero-order chi connectivity index (χ0) is 38.2. The molecule has 0 aliphatic rings. The van der Waals surface area contributed by atoms with Crippen molar-refractivity contribution in [1.29, 1.82) is 0 Å². The van der Waals surface area contributed by atoms with E-state index in [0.29, 0.717) is 17.5 Å². The second-order valence-electron chi connectivity index (χ2n) is 14.8. The van der Waals surface area contributed by atoms with Crippen molar-refractivity contribution in [2.75, 3.05) is 0 Å². The summed E-state index contributed by atoms with van der Waals surface area (Å²) < 4.78 is 4.71. The van der Waals surface area contributed by atoms with Crippen LogP contribution in [0.2, 0.25) is 0 Å². The summed E-state index contributed by atoms with van der Waals surface area (Å²) in [6.45, 7) is 0. The molecular weight excluding hydrogens is 707 g/mol. The molecule has 0 radical (unpaired) electrons. The Kier molecular flexibility index (Phi) is 7.16. The lowest BCUT2D eigenvalue weighted by atomic mass is 10.0. The van der Waals surface area contributed by atoms with E-state index in [1.807, 2.05) is 0 Å². The second kappa shape index (κ2) is 12.8. The molecule has 0 saturated heterocycles. The molecule has 5 nitrogen and oxygen atoms in total. The molecule has 0 aliphatic heterocycles. The van der Waals surface area contributed by atoms with Crippen LogP contribution in [0.15, 0.2) is 200 Å². The highest BCUT2D eigenvalue weighted by Crippen LogP contribution is 2.41. The molecule has 0 aliphatic carbocycles. The van der Waals surface area contributed by atoms with Crippen molar-refractivity contribution >= 4 is 65.2 Å². The number of nitrogens with zero attached hydrogens (tertiary/aromatic N) is 5. The lowest BCUT2D eigenvalue weighted by Gasteiger charge is -2.15. The van der Waals surface area contributed by atoms with Gasteiger partial charge in [-0.15, -0.1) is 0 Å². The van der Waals surface area contributed by atoms with Crippen molar-refractivity contribution in [3.8, 4) is 45.5 Å². The van der Waals surface area contributed by atoms with E-state index in [0.717, 1.165) is 66.3 Å². The van der Waals surface area contributed by atoms with Crippen LogP contribution in [0.3, 0.4) is 0 Å². The van der Waals surface area contributed by atoms with Gasteiger partial charge in [-0.05, 0) is 82.2 Å². The van der Waals surface area contributed by atoms with Gasteiger partial charge in [-0.25, -0.2) is 15.0 Å². The van der Waals surface area contributed by atoms with Crippen molar-refractivity contribution in [2.24, 2.45) is 0 Å². The topological polar surface area (TPSA) is 48.5 Å². The molecule has 0 N–H and O–H groups in total. The molecule has 12 rings (SSSR count). The van der Waals surface area contributed by atoms with Crippen LogP contribution >= 0.6 is 0 Å². The Balaban J connectivity index is 1.15. The van der Waals surface area contributed by atoms with E-state index in [4.69, 9.17) is 15.0 Å². The Morgan fingerprint density at radius 1 is 0.310 bits per heavy atom. The summed E-state index contributed by atoms with van der Waals surface area (Å²) in [5.74, 6) is 1.86. The van der Waals surface area contributed by atoms with E-state index in [2.05, 4.69) is 209 Å². The van der Waals surface area contributed by atoms with E-state index >= 15 is 0 Å². The highest BCUT2D eigenvalue weighted by Gasteiger charge is 2.22. The van der Waals surface area contributed by atoms with Crippen LogP contribution in [-0.4, -0.2) is 24.1 Å².